The molecule has 0 bridgehead atoms. The van der Waals surface area contributed by atoms with Gasteiger partial charge in [0.1, 0.15) is 12.6 Å². The lowest BCUT2D eigenvalue weighted by Gasteiger charge is -2.33. The van der Waals surface area contributed by atoms with Gasteiger partial charge in [-0.3, -0.25) is 13.9 Å². The maximum absolute atomic E-state index is 13.7. The first-order valence-corrected chi connectivity index (χ1v) is 13.9. The molecule has 2 aromatic carbocycles. The van der Waals surface area contributed by atoms with Crippen molar-refractivity contribution in [3.05, 3.63) is 53.6 Å². The molecule has 0 aliphatic carbocycles. The minimum atomic E-state index is -3.83. The second-order valence-corrected chi connectivity index (χ2v) is 11.0. The van der Waals surface area contributed by atoms with Crippen LogP contribution < -0.4 is 19.1 Å². The molecule has 0 radical (unpaired) electrons. The number of rotatable bonds is 11. The van der Waals surface area contributed by atoms with Gasteiger partial charge in [-0.15, -0.1) is 0 Å². The summed E-state index contributed by atoms with van der Waals surface area (Å²) < 4.78 is 37.2. The number of nitrogens with zero attached hydrogens (tertiary/aromatic N) is 2. The Balaban J connectivity index is 1.95. The second kappa shape index (κ2) is 11.6. The van der Waals surface area contributed by atoms with Gasteiger partial charge in [-0.2, -0.15) is 0 Å². The van der Waals surface area contributed by atoms with Crippen LogP contribution in [0.1, 0.15) is 44.7 Å². The quantitative estimate of drug-likeness (QED) is 0.491. The number of hydrogen-bond donors (Lipinski definition) is 1. The van der Waals surface area contributed by atoms with Gasteiger partial charge in [-0.1, -0.05) is 43.7 Å². The third kappa shape index (κ3) is 6.69. The Morgan fingerprint density at radius 1 is 1.06 bits per heavy atom. The van der Waals surface area contributed by atoms with Gasteiger partial charge < -0.3 is 19.7 Å². The predicted octanol–water partition coefficient (Wildman–Crippen LogP) is 3.21. The standard InChI is InChI=1S/C26H35N3O6S/c1-6-19(4)27-26(31)22(7-2)28(15-20-10-8-9-18(3)13-20)25(30)16-29(36(5,32)33)21-11-12-23-24(14-21)35-17-34-23/h8-14,19,22H,6-7,15-17H2,1-5H3,(H,27,31)/t19-,22+/m1/s1. The number of carbonyl (C=O) groups is 2. The summed E-state index contributed by atoms with van der Waals surface area (Å²) in [5.41, 5.74) is 2.16. The van der Waals surface area contributed by atoms with Gasteiger partial charge in [0.15, 0.2) is 11.5 Å². The first kappa shape index (κ1) is 27.3. The highest BCUT2D eigenvalue weighted by molar-refractivity contribution is 7.92. The van der Waals surface area contributed by atoms with Crippen molar-refractivity contribution in [1.82, 2.24) is 10.2 Å². The van der Waals surface area contributed by atoms with Crippen LogP contribution in [0.3, 0.4) is 0 Å². The highest BCUT2D eigenvalue weighted by Gasteiger charge is 2.32. The van der Waals surface area contributed by atoms with Crippen LogP contribution >= 0.6 is 0 Å². The van der Waals surface area contributed by atoms with Gasteiger partial charge in [0.05, 0.1) is 11.9 Å². The smallest absolute Gasteiger partial charge is 0.244 e. The molecule has 0 fully saturated rings. The van der Waals surface area contributed by atoms with Gasteiger partial charge in [0.2, 0.25) is 28.6 Å². The Kier molecular flexibility index (Phi) is 8.84. The van der Waals surface area contributed by atoms with Crippen LogP contribution in [-0.4, -0.2) is 56.8 Å². The molecule has 1 N–H and O–H groups in total. The molecule has 1 heterocycles. The van der Waals surface area contributed by atoms with Crippen LogP contribution in [0.25, 0.3) is 0 Å². The van der Waals surface area contributed by atoms with Crippen molar-refractivity contribution >= 4 is 27.5 Å². The molecule has 3 rings (SSSR count). The number of fused-ring (bicyclic) bond motifs is 1. The van der Waals surface area contributed by atoms with Gasteiger partial charge >= 0.3 is 0 Å². The molecule has 0 unspecified atom stereocenters. The minimum absolute atomic E-state index is 0.0460. The fourth-order valence-corrected chi connectivity index (χ4v) is 4.86. The first-order chi connectivity index (χ1) is 17.0. The number of amides is 2. The fraction of sp³-hybridized carbons (Fsp3) is 0.462. The molecule has 0 saturated heterocycles. The molecule has 1 aliphatic rings. The van der Waals surface area contributed by atoms with Gasteiger partial charge in [-0.25, -0.2) is 8.42 Å². The molecule has 36 heavy (non-hydrogen) atoms. The zero-order chi connectivity index (χ0) is 26.5. The average Bonchev–Trinajstić information content (AvgIpc) is 3.29. The summed E-state index contributed by atoms with van der Waals surface area (Å²) in [6.45, 7) is 7.42. The molecular weight excluding hydrogens is 482 g/mol. The number of aryl methyl sites for hydroxylation is 1. The van der Waals surface area contributed by atoms with Crippen molar-refractivity contribution in [2.45, 2.75) is 59.2 Å². The summed E-state index contributed by atoms with van der Waals surface area (Å²) in [5, 5.41) is 2.96. The van der Waals surface area contributed by atoms with E-state index in [4.69, 9.17) is 9.47 Å². The maximum atomic E-state index is 13.7. The lowest BCUT2D eigenvalue weighted by molar-refractivity contribution is -0.140. The SMILES string of the molecule is CC[C@@H](C)NC(=O)[C@H](CC)N(Cc1cccc(C)c1)C(=O)CN(c1ccc2c(c1)OCO2)S(C)(=O)=O. The zero-order valence-corrected chi connectivity index (χ0v) is 22.3. The van der Waals surface area contributed by atoms with Crippen molar-refractivity contribution in [3.63, 3.8) is 0 Å². The molecule has 2 aromatic rings. The third-order valence-corrected chi connectivity index (χ3v) is 7.29. The highest BCUT2D eigenvalue weighted by atomic mass is 32.2. The molecule has 0 aromatic heterocycles. The Morgan fingerprint density at radius 3 is 2.42 bits per heavy atom. The molecular formula is C26H35N3O6S. The molecule has 2 atom stereocenters. The highest BCUT2D eigenvalue weighted by Crippen LogP contribution is 2.36. The molecule has 1 aliphatic heterocycles. The summed E-state index contributed by atoms with van der Waals surface area (Å²) >= 11 is 0. The maximum Gasteiger partial charge on any atom is 0.244 e. The first-order valence-electron chi connectivity index (χ1n) is 12.1. The second-order valence-electron chi connectivity index (χ2n) is 9.06. The summed E-state index contributed by atoms with van der Waals surface area (Å²) in [7, 11) is -3.83. The number of anilines is 1. The van der Waals surface area contributed by atoms with E-state index in [0.29, 0.717) is 17.9 Å². The van der Waals surface area contributed by atoms with Crippen molar-refractivity contribution in [3.8, 4) is 11.5 Å². The van der Waals surface area contributed by atoms with Crippen LogP contribution in [-0.2, 0) is 26.2 Å². The average molecular weight is 518 g/mol. The monoisotopic (exact) mass is 517 g/mol. The molecule has 0 spiro atoms. The number of carbonyl (C=O) groups excluding carboxylic acids is 2. The zero-order valence-electron chi connectivity index (χ0n) is 21.5. The minimum Gasteiger partial charge on any atom is -0.454 e. The number of hydrogen-bond acceptors (Lipinski definition) is 6. The van der Waals surface area contributed by atoms with Gasteiger partial charge in [-0.05, 0) is 44.4 Å². The molecule has 0 saturated carbocycles. The van der Waals surface area contributed by atoms with E-state index in [9.17, 15) is 18.0 Å². The summed E-state index contributed by atoms with van der Waals surface area (Å²) in [6, 6.07) is 11.6. The third-order valence-electron chi connectivity index (χ3n) is 6.15. The van der Waals surface area contributed by atoms with E-state index in [2.05, 4.69) is 5.32 Å². The van der Waals surface area contributed by atoms with Crippen molar-refractivity contribution in [2.75, 3.05) is 23.9 Å². The molecule has 10 heteroatoms. The van der Waals surface area contributed by atoms with Gasteiger partial charge in [0, 0.05) is 18.7 Å². The van der Waals surface area contributed by atoms with Crippen molar-refractivity contribution in [1.29, 1.82) is 0 Å². The summed E-state index contributed by atoms with van der Waals surface area (Å²) in [5.74, 6) is 0.171. The Bertz CT molecular complexity index is 1200. The lowest BCUT2D eigenvalue weighted by Crippen LogP contribution is -2.53. The van der Waals surface area contributed by atoms with Crippen LogP contribution in [0.4, 0.5) is 5.69 Å². The van der Waals surface area contributed by atoms with E-state index in [1.807, 2.05) is 52.0 Å². The normalized spacial score (nSPS) is 14.1. The number of nitrogens with one attached hydrogen (secondary N) is 1. The lowest BCUT2D eigenvalue weighted by atomic mass is 10.1. The van der Waals surface area contributed by atoms with Gasteiger partial charge in [0.25, 0.3) is 0 Å². The summed E-state index contributed by atoms with van der Waals surface area (Å²) in [6.07, 6.45) is 2.17. The fourth-order valence-electron chi connectivity index (χ4n) is 4.02. The topological polar surface area (TPSA) is 105 Å². The van der Waals surface area contributed by atoms with Crippen molar-refractivity contribution < 1.29 is 27.5 Å². The van der Waals surface area contributed by atoms with E-state index in [-0.39, 0.29) is 31.0 Å². The molecule has 196 valence electrons. The summed E-state index contributed by atoms with van der Waals surface area (Å²) in [4.78, 5) is 28.4. The molecule has 9 nitrogen and oxygen atoms in total. The van der Waals surface area contributed by atoms with Crippen LogP contribution in [0.15, 0.2) is 42.5 Å². The Morgan fingerprint density at radius 2 is 1.78 bits per heavy atom. The predicted molar refractivity (Wildman–Crippen MR) is 138 cm³/mol. The number of benzene rings is 2. The Labute approximate surface area is 213 Å². The van der Waals surface area contributed by atoms with E-state index < -0.39 is 28.5 Å². The van der Waals surface area contributed by atoms with Crippen LogP contribution in [0.2, 0.25) is 0 Å². The van der Waals surface area contributed by atoms with E-state index in [1.165, 1.54) is 11.0 Å². The van der Waals surface area contributed by atoms with E-state index in [1.54, 1.807) is 12.1 Å². The van der Waals surface area contributed by atoms with Crippen LogP contribution in [0, 0.1) is 6.92 Å². The molecule has 2 amide bonds. The largest absolute Gasteiger partial charge is 0.454 e. The van der Waals surface area contributed by atoms with E-state index >= 15 is 0 Å². The van der Waals surface area contributed by atoms with Crippen molar-refractivity contribution in [2.24, 2.45) is 0 Å². The Hall–Kier alpha value is -3.27. The number of ether oxygens (including phenoxy) is 2. The number of sulfonamides is 1. The van der Waals surface area contributed by atoms with Crippen LogP contribution in [0.5, 0.6) is 11.5 Å². The van der Waals surface area contributed by atoms with E-state index in [0.717, 1.165) is 28.1 Å².